The van der Waals surface area contributed by atoms with E-state index in [1.807, 2.05) is 13.0 Å². The van der Waals surface area contributed by atoms with Crippen LogP contribution >= 0.6 is 0 Å². The Labute approximate surface area is 92.9 Å². The van der Waals surface area contributed by atoms with E-state index in [4.69, 9.17) is 0 Å². The van der Waals surface area contributed by atoms with Gasteiger partial charge in [-0.05, 0) is 30.7 Å². The first-order chi connectivity index (χ1) is 7.60. The number of hydrogen-bond acceptors (Lipinski definition) is 3. The Morgan fingerprint density at radius 3 is 2.88 bits per heavy atom. The maximum atomic E-state index is 11.1. The van der Waals surface area contributed by atoms with Gasteiger partial charge in [-0.1, -0.05) is 0 Å². The number of rotatable bonds is 2. The van der Waals surface area contributed by atoms with E-state index in [9.17, 15) is 9.90 Å². The van der Waals surface area contributed by atoms with Gasteiger partial charge in [0, 0.05) is 16.6 Å². The van der Waals surface area contributed by atoms with E-state index in [1.165, 1.54) is 7.11 Å². The van der Waals surface area contributed by atoms with Gasteiger partial charge in [-0.15, -0.1) is 0 Å². The summed E-state index contributed by atoms with van der Waals surface area (Å²) in [5.74, 6) is -0.0786. The van der Waals surface area contributed by atoms with Gasteiger partial charge in [0.05, 0.1) is 13.5 Å². The summed E-state index contributed by atoms with van der Waals surface area (Å²) in [7, 11) is 1.35. The molecule has 0 aliphatic rings. The minimum Gasteiger partial charge on any atom is -0.507 e. The van der Waals surface area contributed by atoms with Crippen LogP contribution in [0.2, 0.25) is 0 Å². The molecule has 0 fully saturated rings. The van der Waals surface area contributed by atoms with Crippen LogP contribution in [0.25, 0.3) is 10.9 Å². The topological polar surface area (TPSA) is 62.3 Å². The van der Waals surface area contributed by atoms with E-state index in [1.54, 1.807) is 12.1 Å². The van der Waals surface area contributed by atoms with Crippen molar-refractivity contribution in [3.05, 3.63) is 29.5 Å². The fourth-order valence-corrected chi connectivity index (χ4v) is 1.74. The molecule has 0 aliphatic heterocycles. The smallest absolute Gasteiger partial charge is 0.311 e. The van der Waals surface area contributed by atoms with Crippen molar-refractivity contribution in [2.45, 2.75) is 13.3 Å². The molecule has 0 bridgehead atoms. The molecule has 0 radical (unpaired) electrons. The molecule has 1 aromatic heterocycles. The predicted molar refractivity (Wildman–Crippen MR) is 60.4 cm³/mol. The highest BCUT2D eigenvalue weighted by molar-refractivity contribution is 5.88. The number of methoxy groups -OCH3 is 1. The molecule has 0 saturated carbocycles. The van der Waals surface area contributed by atoms with Crippen LogP contribution in [0, 0.1) is 6.92 Å². The first-order valence-electron chi connectivity index (χ1n) is 4.98. The number of phenols is 1. The van der Waals surface area contributed by atoms with Crippen molar-refractivity contribution in [2.24, 2.45) is 0 Å². The molecular formula is C12H13NO3. The second-order valence-corrected chi connectivity index (χ2v) is 3.79. The zero-order valence-corrected chi connectivity index (χ0v) is 9.20. The molecule has 4 heteroatoms. The second kappa shape index (κ2) is 3.89. The molecule has 0 atom stereocenters. The summed E-state index contributed by atoms with van der Waals surface area (Å²) in [5, 5.41) is 10.4. The lowest BCUT2D eigenvalue weighted by atomic mass is 10.1. The Bertz CT molecular complexity index is 542. The molecule has 0 spiro atoms. The van der Waals surface area contributed by atoms with Crippen molar-refractivity contribution in [3.63, 3.8) is 0 Å². The second-order valence-electron chi connectivity index (χ2n) is 3.79. The normalized spacial score (nSPS) is 10.6. The number of H-pyrrole nitrogens is 1. The Balaban J connectivity index is 2.44. The molecule has 0 saturated heterocycles. The van der Waals surface area contributed by atoms with Crippen LogP contribution < -0.4 is 0 Å². The van der Waals surface area contributed by atoms with Crippen LogP contribution in [0.15, 0.2) is 18.2 Å². The Hall–Kier alpha value is -1.97. The number of aromatic hydroxyl groups is 1. The summed E-state index contributed by atoms with van der Waals surface area (Å²) in [6.45, 7) is 1.90. The largest absolute Gasteiger partial charge is 0.507 e. The van der Waals surface area contributed by atoms with Gasteiger partial charge < -0.3 is 14.8 Å². The molecule has 2 aromatic rings. The summed E-state index contributed by atoms with van der Waals surface area (Å²) in [5.41, 5.74) is 2.54. The molecule has 1 heterocycles. The van der Waals surface area contributed by atoms with Crippen molar-refractivity contribution in [2.75, 3.05) is 7.11 Å². The van der Waals surface area contributed by atoms with E-state index in [2.05, 4.69) is 9.72 Å². The highest BCUT2D eigenvalue weighted by Gasteiger charge is 2.09. The number of carbonyl (C=O) groups is 1. The van der Waals surface area contributed by atoms with Gasteiger partial charge >= 0.3 is 5.97 Å². The minimum absolute atomic E-state index is 0.184. The number of aromatic amines is 1. The zero-order valence-electron chi connectivity index (χ0n) is 9.20. The zero-order chi connectivity index (χ0) is 11.7. The summed E-state index contributed by atoms with van der Waals surface area (Å²) in [6, 6.07) is 5.38. The molecule has 0 unspecified atom stereocenters. The Morgan fingerprint density at radius 1 is 1.44 bits per heavy atom. The van der Waals surface area contributed by atoms with E-state index in [0.717, 1.165) is 22.2 Å². The van der Waals surface area contributed by atoms with E-state index >= 15 is 0 Å². The van der Waals surface area contributed by atoms with E-state index < -0.39 is 0 Å². The monoisotopic (exact) mass is 219 g/mol. The van der Waals surface area contributed by atoms with Gasteiger partial charge in [0.2, 0.25) is 0 Å². The van der Waals surface area contributed by atoms with E-state index in [-0.39, 0.29) is 18.1 Å². The fraction of sp³-hybridized carbons (Fsp3) is 0.250. The highest BCUT2D eigenvalue weighted by atomic mass is 16.5. The SMILES string of the molecule is COC(=O)Cc1cc2c(O)cc(C)cc2[nH]1. The number of carbonyl (C=O) groups excluding carboxylic acids is 1. The molecule has 0 amide bonds. The number of phenolic OH excluding ortho intramolecular Hbond substituents is 1. The third-order valence-electron chi connectivity index (χ3n) is 2.48. The van der Waals surface area contributed by atoms with Crippen LogP contribution in [0.5, 0.6) is 5.75 Å². The molecule has 1 aromatic carbocycles. The van der Waals surface area contributed by atoms with Crippen LogP contribution in [-0.4, -0.2) is 23.2 Å². The van der Waals surface area contributed by atoms with Gasteiger partial charge in [0.25, 0.3) is 0 Å². The first-order valence-corrected chi connectivity index (χ1v) is 4.98. The summed E-state index contributed by atoms with van der Waals surface area (Å²) in [6.07, 6.45) is 0.184. The summed E-state index contributed by atoms with van der Waals surface area (Å²) >= 11 is 0. The minimum atomic E-state index is -0.303. The predicted octanol–water partition coefficient (Wildman–Crippen LogP) is 1.90. The highest BCUT2D eigenvalue weighted by Crippen LogP contribution is 2.27. The van der Waals surface area contributed by atoms with Crippen LogP contribution in [-0.2, 0) is 16.0 Å². The van der Waals surface area contributed by atoms with Crippen molar-refractivity contribution >= 4 is 16.9 Å². The molecule has 0 aliphatic carbocycles. The van der Waals surface area contributed by atoms with Crippen molar-refractivity contribution in [1.82, 2.24) is 4.98 Å². The number of benzene rings is 1. The average molecular weight is 219 g/mol. The lowest BCUT2D eigenvalue weighted by molar-refractivity contribution is -0.139. The van der Waals surface area contributed by atoms with Crippen LogP contribution in [0.4, 0.5) is 0 Å². The number of fused-ring (bicyclic) bond motifs is 1. The standard InChI is InChI=1S/C12H13NO3/c1-7-3-10-9(11(14)4-7)5-8(13-10)6-12(15)16-2/h3-5,13-14H,6H2,1-2H3. The molecule has 2 rings (SSSR count). The molecular weight excluding hydrogens is 206 g/mol. The number of aryl methyl sites for hydroxylation is 1. The van der Waals surface area contributed by atoms with Crippen LogP contribution in [0.3, 0.4) is 0 Å². The van der Waals surface area contributed by atoms with Crippen molar-refractivity contribution < 1.29 is 14.6 Å². The van der Waals surface area contributed by atoms with E-state index in [0.29, 0.717) is 0 Å². The van der Waals surface area contributed by atoms with Gasteiger partial charge in [-0.3, -0.25) is 4.79 Å². The van der Waals surface area contributed by atoms with Gasteiger partial charge in [0.1, 0.15) is 5.75 Å². The Morgan fingerprint density at radius 2 is 2.19 bits per heavy atom. The number of nitrogens with one attached hydrogen (secondary N) is 1. The van der Waals surface area contributed by atoms with Crippen molar-refractivity contribution in [1.29, 1.82) is 0 Å². The quantitative estimate of drug-likeness (QED) is 0.758. The molecule has 2 N–H and O–H groups in total. The molecule has 84 valence electrons. The Kier molecular flexibility index (Phi) is 2.56. The lowest BCUT2D eigenvalue weighted by Gasteiger charge is -1.96. The number of aromatic nitrogens is 1. The maximum absolute atomic E-state index is 11.1. The van der Waals surface area contributed by atoms with Crippen molar-refractivity contribution in [3.8, 4) is 5.75 Å². The fourth-order valence-electron chi connectivity index (χ4n) is 1.74. The molecule has 4 nitrogen and oxygen atoms in total. The number of esters is 1. The first kappa shape index (κ1) is 10.5. The maximum Gasteiger partial charge on any atom is 0.311 e. The summed E-state index contributed by atoms with van der Waals surface area (Å²) in [4.78, 5) is 14.2. The number of ether oxygens (including phenoxy) is 1. The lowest BCUT2D eigenvalue weighted by Crippen LogP contribution is -2.04. The van der Waals surface area contributed by atoms with Crippen LogP contribution in [0.1, 0.15) is 11.3 Å². The van der Waals surface area contributed by atoms with Gasteiger partial charge in [0.15, 0.2) is 0 Å². The average Bonchev–Trinajstić information content (AvgIpc) is 2.60. The molecule has 16 heavy (non-hydrogen) atoms. The van der Waals surface area contributed by atoms with Gasteiger partial charge in [-0.2, -0.15) is 0 Å². The summed E-state index contributed by atoms with van der Waals surface area (Å²) < 4.78 is 4.58. The van der Waals surface area contributed by atoms with Gasteiger partial charge in [-0.25, -0.2) is 0 Å². The third-order valence-corrected chi connectivity index (χ3v) is 2.48. The number of hydrogen-bond donors (Lipinski definition) is 2. The third kappa shape index (κ3) is 1.86.